The summed E-state index contributed by atoms with van der Waals surface area (Å²) in [6.07, 6.45) is 6.81. The summed E-state index contributed by atoms with van der Waals surface area (Å²) < 4.78 is 6.05. The van der Waals surface area contributed by atoms with Crippen molar-refractivity contribution in [1.82, 2.24) is 10.2 Å². The van der Waals surface area contributed by atoms with Crippen LogP contribution in [0.15, 0.2) is 0 Å². The molecule has 0 unspecified atom stereocenters. The van der Waals surface area contributed by atoms with Gasteiger partial charge in [0.25, 0.3) is 0 Å². The first kappa shape index (κ1) is 10.1. The molecular formula is C12H22N2O. The Labute approximate surface area is 92.2 Å². The van der Waals surface area contributed by atoms with E-state index in [1.165, 1.54) is 45.2 Å². The first-order valence-corrected chi connectivity index (χ1v) is 6.47. The van der Waals surface area contributed by atoms with Crippen LogP contribution in [0.5, 0.6) is 0 Å². The number of piperidine rings is 1. The average molecular weight is 210 g/mol. The molecule has 3 rings (SSSR count). The third-order valence-electron chi connectivity index (χ3n) is 4.30. The Balaban J connectivity index is 1.63. The Morgan fingerprint density at radius 2 is 2.20 bits per heavy atom. The third-order valence-corrected chi connectivity index (χ3v) is 4.30. The Bertz CT molecular complexity index is 216. The van der Waals surface area contributed by atoms with Crippen molar-refractivity contribution in [2.24, 2.45) is 0 Å². The highest BCUT2D eigenvalue weighted by molar-refractivity contribution is 4.95. The molecule has 1 aliphatic carbocycles. The molecule has 1 spiro atoms. The number of hydrogen-bond donors (Lipinski definition) is 1. The Morgan fingerprint density at radius 1 is 1.27 bits per heavy atom. The first-order valence-electron chi connectivity index (χ1n) is 6.47. The molecule has 0 bridgehead atoms. The van der Waals surface area contributed by atoms with Gasteiger partial charge in [0.1, 0.15) is 0 Å². The molecule has 0 aromatic rings. The molecule has 2 heterocycles. The van der Waals surface area contributed by atoms with Crippen LogP contribution >= 0.6 is 0 Å². The number of rotatable bonds is 1. The van der Waals surface area contributed by atoms with Crippen molar-refractivity contribution in [1.29, 1.82) is 0 Å². The van der Waals surface area contributed by atoms with Gasteiger partial charge in [0, 0.05) is 25.7 Å². The fraction of sp³-hybridized carbons (Fsp3) is 1.00. The number of morpholine rings is 1. The van der Waals surface area contributed by atoms with Gasteiger partial charge in [-0.15, -0.1) is 0 Å². The van der Waals surface area contributed by atoms with Crippen LogP contribution in [-0.2, 0) is 4.74 Å². The lowest BCUT2D eigenvalue weighted by molar-refractivity contribution is -0.134. The molecule has 1 saturated carbocycles. The summed E-state index contributed by atoms with van der Waals surface area (Å²) in [6.45, 7) is 5.51. The second-order valence-corrected chi connectivity index (χ2v) is 5.37. The van der Waals surface area contributed by atoms with Gasteiger partial charge in [-0.25, -0.2) is 0 Å². The largest absolute Gasteiger partial charge is 0.371 e. The van der Waals surface area contributed by atoms with Crippen molar-refractivity contribution in [3.05, 3.63) is 0 Å². The van der Waals surface area contributed by atoms with E-state index in [2.05, 4.69) is 10.2 Å². The molecule has 2 saturated heterocycles. The molecule has 0 aromatic heterocycles. The van der Waals surface area contributed by atoms with Crippen LogP contribution in [0, 0.1) is 0 Å². The Kier molecular flexibility index (Phi) is 2.71. The summed E-state index contributed by atoms with van der Waals surface area (Å²) >= 11 is 0. The minimum absolute atomic E-state index is 0.159. The smallest absolute Gasteiger partial charge is 0.0933 e. The summed E-state index contributed by atoms with van der Waals surface area (Å²) in [5.74, 6) is 0. The summed E-state index contributed by atoms with van der Waals surface area (Å²) in [5.41, 5.74) is 0.159. The van der Waals surface area contributed by atoms with E-state index in [4.69, 9.17) is 4.74 Å². The Morgan fingerprint density at radius 3 is 2.87 bits per heavy atom. The third kappa shape index (κ3) is 1.93. The van der Waals surface area contributed by atoms with Gasteiger partial charge >= 0.3 is 0 Å². The van der Waals surface area contributed by atoms with Crippen LogP contribution in [-0.4, -0.2) is 49.3 Å². The molecule has 3 heteroatoms. The van der Waals surface area contributed by atoms with Crippen LogP contribution in [0.2, 0.25) is 0 Å². The van der Waals surface area contributed by atoms with Crippen LogP contribution < -0.4 is 5.32 Å². The fourth-order valence-corrected chi connectivity index (χ4v) is 3.14. The van der Waals surface area contributed by atoms with E-state index in [-0.39, 0.29) is 5.60 Å². The van der Waals surface area contributed by atoms with E-state index in [1.807, 2.05) is 0 Å². The molecule has 86 valence electrons. The maximum atomic E-state index is 6.05. The van der Waals surface area contributed by atoms with Gasteiger partial charge in [0.05, 0.1) is 12.2 Å². The van der Waals surface area contributed by atoms with Crippen molar-refractivity contribution in [2.75, 3.05) is 32.8 Å². The lowest BCUT2D eigenvalue weighted by atomic mass is 9.87. The lowest BCUT2D eigenvalue weighted by Gasteiger charge is -2.49. The fourth-order valence-electron chi connectivity index (χ4n) is 3.14. The predicted molar refractivity (Wildman–Crippen MR) is 60.0 cm³/mol. The number of hydrogen-bond acceptors (Lipinski definition) is 3. The second kappa shape index (κ2) is 4.04. The standard InChI is InChI=1S/C12H22N2O/c1-3-11(4-1)14-7-8-15-12(10-14)5-2-6-13-9-12/h11,13H,1-10H2/t12-/m0/s1. The van der Waals surface area contributed by atoms with Crippen molar-refractivity contribution in [2.45, 2.75) is 43.7 Å². The maximum Gasteiger partial charge on any atom is 0.0933 e. The zero-order chi connectivity index (χ0) is 10.1. The van der Waals surface area contributed by atoms with Gasteiger partial charge in [-0.05, 0) is 32.2 Å². The van der Waals surface area contributed by atoms with Crippen molar-refractivity contribution in [3.8, 4) is 0 Å². The molecule has 0 amide bonds. The van der Waals surface area contributed by atoms with E-state index < -0.39 is 0 Å². The van der Waals surface area contributed by atoms with Gasteiger partial charge in [-0.3, -0.25) is 4.90 Å². The second-order valence-electron chi connectivity index (χ2n) is 5.37. The zero-order valence-corrected chi connectivity index (χ0v) is 9.50. The molecule has 3 nitrogen and oxygen atoms in total. The summed E-state index contributed by atoms with van der Waals surface area (Å²) in [6, 6.07) is 0.882. The van der Waals surface area contributed by atoms with Crippen LogP contribution in [0.3, 0.4) is 0 Å². The molecule has 3 fully saturated rings. The number of nitrogens with one attached hydrogen (secondary N) is 1. The minimum atomic E-state index is 0.159. The van der Waals surface area contributed by atoms with E-state index in [1.54, 1.807) is 0 Å². The number of ether oxygens (including phenoxy) is 1. The quantitative estimate of drug-likeness (QED) is 0.698. The van der Waals surface area contributed by atoms with Gasteiger partial charge in [-0.2, -0.15) is 0 Å². The molecule has 2 aliphatic heterocycles. The normalized spacial score (nSPS) is 39.2. The van der Waals surface area contributed by atoms with Gasteiger partial charge < -0.3 is 10.1 Å². The molecule has 3 aliphatic rings. The van der Waals surface area contributed by atoms with Gasteiger partial charge in [-0.1, -0.05) is 6.42 Å². The molecular weight excluding hydrogens is 188 g/mol. The van der Waals surface area contributed by atoms with Crippen LogP contribution in [0.1, 0.15) is 32.1 Å². The number of nitrogens with zero attached hydrogens (tertiary/aromatic N) is 1. The highest BCUT2D eigenvalue weighted by atomic mass is 16.5. The highest BCUT2D eigenvalue weighted by Crippen LogP contribution is 2.31. The predicted octanol–water partition coefficient (Wildman–Crippen LogP) is 0.993. The average Bonchev–Trinajstić information content (AvgIpc) is 2.16. The zero-order valence-electron chi connectivity index (χ0n) is 9.50. The first-order chi connectivity index (χ1) is 7.38. The van der Waals surface area contributed by atoms with E-state index >= 15 is 0 Å². The van der Waals surface area contributed by atoms with E-state index in [0.717, 1.165) is 25.7 Å². The summed E-state index contributed by atoms with van der Waals surface area (Å²) in [5, 5.41) is 3.49. The molecule has 1 atom stereocenters. The lowest BCUT2D eigenvalue weighted by Crippen LogP contribution is -2.61. The molecule has 0 radical (unpaired) electrons. The monoisotopic (exact) mass is 210 g/mol. The van der Waals surface area contributed by atoms with Crippen molar-refractivity contribution < 1.29 is 4.74 Å². The van der Waals surface area contributed by atoms with Gasteiger partial charge in [0.2, 0.25) is 0 Å². The minimum Gasteiger partial charge on any atom is -0.371 e. The molecule has 1 N–H and O–H groups in total. The van der Waals surface area contributed by atoms with Crippen LogP contribution in [0.4, 0.5) is 0 Å². The SMILES string of the molecule is C1CC(N2CCO[C@]3(CCCNC3)C2)C1. The van der Waals surface area contributed by atoms with E-state index in [0.29, 0.717) is 0 Å². The Hall–Kier alpha value is -0.120. The van der Waals surface area contributed by atoms with Crippen molar-refractivity contribution >= 4 is 0 Å². The van der Waals surface area contributed by atoms with Gasteiger partial charge in [0.15, 0.2) is 0 Å². The highest BCUT2D eigenvalue weighted by Gasteiger charge is 2.40. The van der Waals surface area contributed by atoms with E-state index in [9.17, 15) is 0 Å². The maximum absolute atomic E-state index is 6.05. The van der Waals surface area contributed by atoms with Crippen molar-refractivity contribution in [3.63, 3.8) is 0 Å². The summed E-state index contributed by atoms with van der Waals surface area (Å²) in [7, 11) is 0. The molecule has 0 aromatic carbocycles. The topological polar surface area (TPSA) is 24.5 Å². The summed E-state index contributed by atoms with van der Waals surface area (Å²) in [4.78, 5) is 2.68. The van der Waals surface area contributed by atoms with Crippen LogP contribution in [0.25, 0.3) is 0 Å². The molecule has 15 heavy (non-hydrogen) atoms.